The van der Waals surface area contributed by atoms with Gasteiger partial charge < -0.3 is 15.8 Å². The third-order valence-electron chi connectivity index (χ3n) is 3.27. The van der Waals surface area contributed by atoms with Crippen LogP contribution in [-0.4, -0.2) is 26.1 Å². The van der Waals surface area contributed by atoms with Crippen LogP contribution in [0.2, 0.25) is 0 Å². The zero-order valence-corrected chi connectivity index (χ0v) is 12.5. The Balaban J connectivity index is 3.09. The van der Waals surface area contributed by atoms with Crippen molar-refractivity contribution in [3.05, 3.63) is 28.8 Å². The minimum absolute atomic E-state index is 0.0139. The van der Waals surface area contributed by atoms with Crippen LogP contribution in [0.25, 0.3) is 0 Å². The number of carbonyl (C=O) groups excluding carboxylic acids is 1. The Morgan fingerprint density at radius 1 is 1.37 bits per heavy atom. The molecule has 3 N–H and O–H groups in total. The number of hydrogen-bond donors (Lipinski definition) is 2. The fourth-order valence-corrected chi connectivity index (χ4v) is 2.21. The topological polar surface area (TPSA) is 64.3 Å². The quantitative estimate of drug-likeness (QED) is 0.850. The molecule has 0 aliphatic rings. The Bertz CT molecular complexity index is 467. The van der Waals surface area contributed by atoms with Gasteiger partial charge in [-0.1, -0.05) is 31.5 Å². The largest absolute Gasteiger partial charge is 0.496 e. The molecule has 0 aliphatic carbocycles. The van der Waals surface area contributed by atoms with Crippen molar-refractivity contribution < 1.29 is 9.53 Å². The fourth-order valence-electron chi connectivity index (χ4n) is 2.21. The second kappa shape index (κ2) is 6.06. The van der Waals surface area contributed by atoms with Crippen molar-refractivity contribution in [3.8, 4) is 5.75 Å². The van der Waals surface area contributed by atoms with E-state index in [0.29, 0.717) is 6.54 Å². The maximum absolute atomic E-state index is 11.3. The summed E-state index contributed by atoms with van der Waals surface area (Å²) in [4.78, 5) is 11.3. The van der Waals surface area contributed by atoms with Gasteiger partial charge in [0.05, 0.1) is 13.7 Å². The van der Waals surface area contributed by atoms with Gasteiger partial charge in [-0.3, -0.25) is 4.79 Å². The predicted molar refractivity (Wildman–Crippen MR) is 77.6 cm³/mol. The Hall–Kier alpha value is -1.55. The molecular weight excluding hydrogens is 240 g/mol. The highest BCUT2D eigenvalue weighted by Gasteiger charge is 2.26. The first-order chi connectivity index (χ1) is 8.81. The summed E-state index contributed by atoms with van der Waals surface area (Å²) in [5.74, 6) is 0.744. The lowest BCUT2D eigenvalue weighted by atomic mass is 9.82. The van der Waals surface area contributed by atoms with Gasteiger partial charge in [0.2, 0.25) is 5.91 Å². The zero-order valence-electron chi connectivity index (χ0n) is 12.5. The van der Waals surface area contributed by atoms with Crippen LogP contribution in [0.4, 0.5) is 0 Å². The summed E-state index contributed by atoms with van der Waals surface area (Å²) in [6.07, 6.45) is 0. The highest BCUT2D eigenvalue weighted by atomic mass is 16.5. The van der Waals surface area contributed by atoms with Gasteiger partial charge in [-0.25, -0.2) is 0 Å². The number of ether oxygens (including phenoxy) is 1. The van der Waals surface area contributed by atoms with Gasteiger partial charge in [0.15, 0.2) is 0 Å². The van der Waals surface area contributed by atoms with E-state index in [2.05, 4.69) is 38.2 Å². The summed E-state index contributed by atoms with van der Waals surface area (Å²) in [6.45, 7) is 8.80. The van der Waals surface area contributed by atoms with Crippen LogP contribution < -0.4 is 15.8 Å². The Morgan fingerprint density at radius 2 is 2.00 bits per heavy atom. The summed E-state index contributed by atoms with van der Waals surface area (Å²) < 4.78 is 5.51. The van der Waals surface area contributed by atoms with E-state index >= 15 is 0 Å². The summed E-state index contributed by atoms with van der Waals surface area (Å²) >= 11 is 0. The van der Waals surface area contributed by atoms with Crippen molar-refractivity contribution in [1.29, 1.82) is 0 Å². The minimum atomic E-state index is -0.215. The first kappa shape index (κ1) is 15.5. The highest BCUT2D eigenvalue weighted by molar-refractivity contribution is 5.77. The lowest BCUT2D eigenvalue weighted by Gasteiger charge is -2.28. The summed E-state index contributed by atoms with van der Waals surface area (Å²) in [5, 5.41) is 2.84. The van der Waals surface area contributed by atoms with Gasteiger partial charge >= 0.3 is 0 Å². The summed E-state index contributed by atoms with van der Waals surface area (Å²) in [7, 11) is 1.68. The minimum Gasteiger partial charge on any atom is -0.496 e. The van der Waals surface area contributed by atoms with Crippen molar-refractivity contribution in [1.82, 2.24) is 5.32 Å². The van der Waals surface area contributed by atoms with Gasteiger partial charge in [0.25, 0.3) is 0 Å². The van der Waals surface area contributed by atoms with Gasteiger partial charge in [0.1, 0.15) is 5.75 Å². The van der Waals surface area contributed by atoms with Crippen LogP contribution in [0.5, 0.6) is 5.75 Å². The van der Waals surface area contributed by atoms with Crippen LogP contribution in [0.15, 0.2) is 12.1 Å². The molecule has 0 unspecified atom stereocenters. The maximum atomic E-state index is 11.3. The number of rotatable bonds is 5. The van der Waals surface area contributed by atoms with E-state index in [-0.39, 0.29) is 17.9 Å². The standard InChI is InChI=1S/C15H24N2O2/c1-10-6-11(2)14(19-5)12(7-10)15(3,4)9-17-13(18)8-16/h6-7H,8-9,16H2,1-5H3,(H,17,18). The number of carbonyl (C=O) groups is 1. The predicted octanol–water partition coefficient (Wildman–Crippen LogP) is 1.66. The van der Waals surface area contributed by atoms with E-state index in [0.717, 1.165) is 16.9 Å². The molecule has 106 valence electrons. The number of aryl methyl sites for hydroxylation is 2. The van der Waals surface area contributed by atoms with Crippen LogP contribution >= 0.6 is 0 Å². The number of benzene rings is 1. The van der Waals surface area contributed by atoms with E-state index < -0.39 is 0 Å². The smallest absolute Gasteiger partial charge is 0.233 e. The first-order valence-electron chi connectivity index (χ1n) is 6.44. The van der Waals surface area contributed by atoms with E-state index in [1.54, 1.807) is 7.11 Å². The molecule has 1 aromatic carbocycles. The van der Waals surface area contributed by atoms with E-state index in [1.807, 2.05) is 6.92 Å². The summed E-state index contributed by atoms with van der Waals surface area (Å²) in [6, 6.07) is 4.21. The molecular formula is C15H24N2O2. The molecule has 0 atom stereocenters. The average molecular weight is 264 g/mol. The molecule has 0 saturated carbocycles. The van der Waals surface area contributed by atoms with Gasteiger partial charge in [0, 0.05) is 17.5 Å². The molecule has 0 spiro atoms. The molecule has 1 amide bonds. The maximum Gasteiger partial charge on any atom is 0.233 e. The van der Waals surface area contributed by atoms with Gasteiger partial charge in [-0.15, -0.1) is 0 Å². The molecule has 19 heavy (non-hydrogen) atoms. The van der Waals surface area contributed by atoms with E-state index in [9.17, 15) is 4.79 Å². The van der Waals surface area contributed by atoms with Crippen LogP contribution in [0, 0.1) is 13.8 Å². The van der Waals surface area contributed by atoms with Crippen LogP contribution in [0.3, 0.4) is 0 Å². The first-order valence-corrected chi connectivity index (χ1v) is 6.44. The molecule has 0 saturated heterocycles. The van der Waals surface area contributed by atoms with Crippen molar-refractivity contribution >= 4 is 5.91 Å². The summed E-state index contributed by atoms with van der Waals surface area (Å²) in [5.41, 5.74) is 8.49. The molecule has 4 heteroatoms. The lowest BCUT2D eigenvalue weighted by Crippen LogP contribution is -2.39. The number of methoxy groups -OCH3 is 1. The normalized spacial score (nSPS) is 11.3. The zero-order chi connectivity index (χ0) is 14.6. The monoisotopic (exact) mass is 264 g/mol. The average Bonchev–Trinajstić information content (AvgIpc) is 2.35. The Morgan fingerprint density at radius 3 is 2.53 bits per heavy atom. The second-order valence-electron chi connectivity index (χ2n) is 5.53. The SMILES string of the molecule is COc1c(C)cc(C)cc1C(C)(C)CNC(=O)CN. The molecule has 0 heterocycles. The number of hydrogen-bond acceptors (Lipinski definition) is 3. The Labute approximate surface area is 115 Å². The molecule has 4 nitrogen and oxygen atoms in total. The highest BCUT2D eigenvalue weighted by Crippen LogP contribution is 2.34. The molecule has 0 fully saturated rings. The molecule has 1 rings (SSSR count). The van der Waals surface area contributed by atoms with Gasteiger partial charge in [-0.2, -0.15) is 0 Å². The number of nitrogens with one attached hydrogen (secondary N) is 1. The van der Waals surface area contributed by atoms with Crippen molar-refractivity contribution in [2.45, 2.75) is 33.1 Å². The van der Waals surface area contributed by atoms with E-state index in [4.69, 9.17) is 10.5 Å². The molecule has 1 aromatic rings. The van der Waals surface area contributed by atoms with Crippen molar-refractivity contribution in [3.63, 3.8) is 0 Å². The molecule has 0 aliphatic heterocycles. The van der Waals surface area contributed by atoms with E-state index in [1.165, 1.54) is 5.56 Å². The van der Waals surface area contributed by atoms with Crippen molar-refractivity contribution in [2.75, 3.05) is 20.2 Å². The fraction of sp³-hybridized carbons (Fsp3) is 0.533. The number of nitrogens with two attached hydrogens (primary N) is 1. The molecule has 0 bridgehead atoms. The van der Waals surface area contributed by atoms with Crippen LogP contribution in [0.1, 0.15) is 30.5 Å². The van der Waals surface area contributed by atoms with Crippen molar-refractivity contribution in [2.24, 2.45) is 5.73 Å². The third-order valence-corrected chi connectivity index (χ3v) is 3.27. The molecule has 0 aromatic heterocycles. The molecule has 0 radical (unpaired) electrons. The Kier molecular flexibility index (Phi) is 4.95. The van der Waals surface area contributed by atoms with Crippen LogP contribution in [-0.2, 0) is 10.2 Å². The lowest BCUT2D eigenvalue weighted by molar-refractivity contribution is -0.119. The number of amides is 1. The second-order valence-corrected chi connectivity index (χ2v) is 5.53. The third kappa shape index (κ3) is 3.70. The van der Waals surface area contributed by atoms with Gasteiger partial charge in [-0.05, 0) is 19.4 Å².